The number of fused-ring (bicyclic) bond motifs is 1. The maximum absolute atomic E-state index is 12.5. The summed E-state index contributed by atoms with van der Waals surface area (Å²) in [5.74, 6) is -0.626. The van der Waals surface area contributed by atoms with E-state index in [0.717, 1.165) is 12.0 Å². The number of hydrogen-bond donors (Lipinski definition) is 0. The van der Waals surface area contributed by atoms with E-state index >= 15 is 0 Å². The van der Waals surface area contributed by atoms with Crippen molar-refractivity contribution < 1.29 is 4.79 Å². The topological polar surface area (TPSA) is 78.9 Å². The zero-order chi connectivity index (χ0) is 18.0. The van der Waals surface area contributed by atoms with Crippen LogP contribution >= 0.6 is 0 Å². The van der Waals surface area contributed by atoms with E-state index in [1.807, 2.05) is 20.8 Å². The SMILES string of the molecule is CC(C)=CCC/C(C)=C/C(=O)n1c(=O)c2c(ncn2C)n(C)c1=O. The lowest BCUT2D eigenvalue weighted by atomic mass is 10.1. The summed E-state index contributed by atoms with van der Waals surface area (Å²) >= 11 is 0. The van der Waals surface area contributed by atoms with Gasteiger partial charge >= 0.3 is 5.69 Å². The van der Waals surface area contributed by atoms with Gasteiger partial charge in [0.1, 0.15) is 0 Å². The Morgan fingerprint density at radius 3 is 2.50 bits per heavy atom. The van der Waals surface area contributed by atoms with Gasteiger partial charge < -0.3 is 4.57 Å². The highest BCUT2D eigenvalue weighted by atomic mass is 16.2. The predicted molar refractivity (Wildman–Crippen MR) is 93.3 cm³/mol. The van der Waals surface area contributed by atoms with Crippen LogP contribution in [0.25, 0.3) is 11.2 Å². The Bertz CT molecular complexity index is 966. The van der Waals surface area contributed by atoms with Gasteiger partial charge in [0.15, 0.2) is 11.2 Å². The molecule has 2 aromatic rings. The lowest BCUT2D eigenvalue weighted by Crippen LogP contribution is -2.42. The first kappa shape index (κ1) is 17.7. The zero-order valence-electron chi connectivity index (χ0n) is 14.7. The van der Waals surface area contributed by atoms with E-state index in [4.69, 9.17) is 0 Å². The molecule has 128 valence electrons. The van der Waals surface area contributed by atoms with E-state index in [9.17, 15) is 14.4 Å². The van der Waals surface area contributed by atoms with Gasteiger partial charge in [-0.3, -0.25) is 14.2 Å². The van der Waals surface area contributed by atoms with E-state index in [2.05, 4.69) is 11.1 Å². The van der Waals surface area contributed by atoms with Crippen molar-refractivity contribution in [2.75, 3.05) is 0 Å². The van der Waals surface area contributed by atoms with Crippen LogP contribution in [0.1, 0.15) is 38.4 Å². The maximum atomic E-state index is 12.5. The van der Waals surface area contributed by atoms with Crippen LogP contribution < -0.4 is 11.2 Å². The van der Waals surface area contributed by atoms with Gasteiger partial charge in [-0.05, 0) is 33.6 Å². The monoisotopic (exact) mass is 330 g/mol. The molecule has 0 saturated carbocycles. The third-order valence-electron chi connectivity index (χ3n) is 3.80. The minimum absolute atomic E-state index is 0.223. The van der Waals surface area contributed by atoms with Crippen molar-refractivity contribution in [3.8, 4) is 0 Å². The van der Waals surface area contributed by atoms with Crippen LogP contribution in [0.3, 0.4) is 0 Å². The molecule has 0 bridgehead atoms. The number of rotatable bonds is 4. The third-order valence-corrected chi connectivity index (χ3v) is 3.80. The first-order valence-electron chi connectivity index (χ1n) is 7.72. The molecule has 2 rings (SSSR count). The maximum Gasteiger partial charge on any atom is 0.339 e. The van der Waals surface area contributed by atoms with Gasteiger partial charge in [-0.25, -0.2) is 9.78 Å². The molecule has 0 aromatic carbocycles. The number of allylic oxidation sites excluding steroid dienone is 4. The molecule has 0 aliphatic heterocycles. The molecule has 0 aliphatic rings. The minimum atomic E-state index is -0.690. The molecule has 0 radical (unpaired) electrons. The molecule has 0 fully saturated rings. The van der Waals surface area contributed by atoms with Crippen molar-refractivity contribution in [3.05, 3.63) is 50.5 Å². The quantitative estimate of drug-likeness (QED) is 0.632. The molecular formula is C17H22N4O3. The van der Waals surface area contributed by atoms with Gasteiger partial charge in [-0.2, -0.15) is 4.57 Å². The van der Waals surface area contributed by atoms with E-state index in [1.165, 1.54) is 34.2 Å². The Labute approximate surface area is 139 Å². The van der Waals surface area contributed by atoms with E-state index in [0.29, 0.717) is 11.0 Å². The summed E-state index contributed by atoms with van der Waals surface area (Å²) < 4.78 is 3.38. The van der Waals surface area contributed by atoms with Gasteiger partial charge in [0, 0.05) is 20.2 Å². The number of aromatic nitrogens is 4. The second-order valence-electron chi connectivity index (χ2n) is 6.16. The van der Waals surface area contributed by atoms with Crippen molar-refractivity contribution in [3.63, 3.8) is 0 Å². The van der Waals surface area contributed by atoms with Crippen molar-refractivity contribution in [2.24, 2.45) is 14.1 Å². The first-order chi connectivity index (χ1) is 11.2. The van der Waals surface area contributed by atoms with E-state index < -0.39 is 17.2 Å². The molecule has 0 unspecified atom stereocenters. The normalized spacial score (nSPS) is 11.8. The highest BCUT2D eigenvalue weighted by molar-refractivity contribution is 5.91. The number of aryl methyl sites for hydroxylation is 2. The molecule has 2 aromatic heterocycles. The molecule has 7 heteroatoms. The number of carbonyl (C=O) groups is 1. The second-order valence-corrected chi connectivity index (χ2v) is 6.16. The molecular weight excluding hydrogens is 308 g/mol. The molecule has 0 N–H and O–H groups in total. The standard InChI is InChI=1S/C17H22N4O3/c1-11(2)7-6-8-12(3)9-13(22)21-16(23)14-15(18-10-19(14)4)20(5)17(21)24/h7,9-10H,6,8H2,1-5H3/b12-9+. The van der Waals surface area contributed by atoms with Crippen molar-refractivity contribution in [1.82, 2.24) is 18.7 Å². The van der Waals surface area contributed by atoms with Crippen molar-refractivity contribution in [1.29, 1.82) is 0 Å². The Morgan fingerprint density at radius 1 is 1.21 bits per heavy atom. The smallest absolute Gasteiger partial charge is 0.328 e. The lowest BCUT2D eigenvalue weighted by molar-refractivity contribution is 0.0957. The molecule has 24 heavy (non-hydrogen) atoms. The van der Waals surface area contributed by atoms with Gasteiger partial charge in [0.2, 0.25) is 0 Å². The fourth-order valence-corrected chi connectivity index (χ4v) is 2.47. The average molecular weight is 330 g/mol. The van der Waals surface area contributed by atoms with Crippen LogP contribution in [0.5, 0.6) is 0 Å². The molecule has 0 atom stereocenters. The number of hydrogen-bond acceptors (Lipinski definition) is 4. The Balaban J connectivity index is 2.47. The van der Waals surface area contributed by atoms with Crippen LogP contribution in [0, 0.1) is 0 Å². The largest absolute Gasteiger partial charge is 0.339 e. The predicted octanol–water partition coefficient (Wildman–Crippen LogP) is 1.77. The van der Waals surface area contributed by atoms with Gasteiger partial charge in [-0.1, -0.05) is 17.2 Å². The van der Waals surface area contributed by atoms with Gasteiger partial charge in [-0.15, -0.1) is 0 Å². The highest BCUT2D eigenvalue weighted by Crippen LogP contribution is 2.07. The summed E-state index contributed by atoms with van der Waals surface area (Å²) in [6, 6.07) is 0. The Hall–Kier alpha value is -2.70. The van der Waals surface area contributed by atoms with Gasteiger partial charge in [0.05, 0.1) is 6.33 Å². The summed E-state index contributed by atoms with van der Waals surface area (Å²) in [6.45, 7) is 5.84. The van der Waals surface area contributed by atoms with E-state index in [1.54, 1.807) is 7.05 Å². The molecule has 0 saturated heterocycles. The molecule has 2 heterocycles. The van der Waals surface area contributed by atoms with Crippen molar-refractivity contribution >= 4 is 17.1 Å². The average Bonchev–Trinajstić information content (AvgIpc) is 2.87. The Morgan fingerprint density at radius 2 is 1.88 bits per heavy atom. The summed E-state index contributed by atoms with van der Waals surface area (Å²) in [7, 11) is 3.14. The van der Waals surface area contributed by atoms with Crippen LogP contribution in [-0.4, -0.2) is 24.6 Å². The summed E-state index contributed by atoms with van der Waals surface area (Å²) in [5.41, 5.74) is 1.18. The minimum Gasteiger partial charge on any atom is -0.328 e. The first-order valence-corrected chi connectivity index (χ1v) is 7.72. The number of carbonyl (C=O) groups excluding carboxylic acids is 1. The van der Waals surface area contributed by atoms with Crippen LogP contribution in [-0.2, 0) is 14.1 Å². The van der Waals surface area contributed by atoms with Crippen molar-refractivity contribution in [2.45, 2.75) is 33.6 Å². The van der Waals surface area contributed by atoms with Crippen LogP contribution in [0.2, 0.25) is 0 Å². The highest BCUT2D eigenvalue weighted by Gasteiger charge is 2.18. The number of nitrogens with zero attached hydrogens (tertiary/aromatic N) is 4. The summed E-state index contributed by atoms with van der Waals surface area (Å²) in [6.07, 6.45) is 6.38. The fourth-order valence-electron chi connectivity index (χ4n) is 2.47. The Kier molecular flexibility index (Phi) is 5.02. The van der Waals surface area contributed by atoms with Crippen LogP contribution in [0.15, 0.2) is 39.2 Å². The molecule has 0 spiro atoms. The summed E-state index contributed by atoms with van der Waals surface area (Å²) in [5, 5.41) is 0. The number of imidazole rings is 1. The molecule has 0 aliphatic carbocycles. The third kappa shape index (κ3) is 3.29. The van der Waals surface area contributed by atoms with Crippen LogP contribution in [0.4, 0.5) is 0 Å². The zero-order valence-corrected chi connectivity index (χ0v) is 14.7. The molecule has 7 nitrogen and oxygen atoms in total. The van der Waals surface area contributed by atoms with E-state index in [-0.39, 0.29) is 11.2 Å². The molecule has 0 amide bonds. The van der Waals surface area contributed by atoms with Gasteiger partial charge in [0.25, 0.3) is 11.5 Å². The lowest BCUT2D eigenvalue weighted by Gasteiger charge is -2.06. The fraction of sp³-hybridized carbons (Fsp3) is 0.412. The summed E-state index contributed by atoms with van der Waals surface area (Å²) in [4.78, 5) is 41.4. The second kappa shape index (κ2) is 6.82.